The third-order valence-electron chi connectivity index (χ3n) is 2.69. The van der Waals surface area contributed by atoms with Crippen LogP contribution < -0.4 is 10.0 Å². The van der Waals surface area contributed by atoms with Crippen LogP contribution in [0, 0.1) is 6.92 Å². The number of nitrogens with one attached hydrogen (secondary N) is 2. The van der Waals surface area contributed by atoms with Gasteiger partial charge >= 0.3 is 0 Å². The molecule has 104 valence electrons. The smallest absolute Gasteiger partial charge is 0.215 e. The third-order valence-corrected chi connectivity index (χ3v) is 5.67. The molecule has 6 heteroatoms. The van der Waals surface area contributed by atoms with E-state index in [9.17, 15) is 8.42 Å². The van der Waals surface area contributed by atoms with E-state index < -0.39 is 15.3 Å². The van der Waals surface area contributed by atoms with E-state index in [2.05, 4.69) is 29.1 Å². The Bertz CT molecular complexity index is 468. The monoisotopic (exact) mass is 290 g/mol. The largest absolute Gasteiger partial charge is 0.318 e. The summed E-state index contributed by atoms with van der Waals surface area (Å²) >= 11 is 1.71. The summed E-state index contributed by atoms with van der Waals surface area (Å²) in [6.07, 6.45) is 0.740. The van der Waals surface area contributed by atoms with Crippen molar-refractivity contribution in [3.63, 3.8) is 0 Å². The Morgan fingerprint density at radius 1 is 1.33 bits per heavy atom. The van der Waals surface area contributed by atoms with E-state index in [1.165, 1.54) is 9.75 Å². The lowest BCUT2D eigenvalue weighted by Gasteiger charge is -2.17. The molecule has 0 aliphatic rings. The van der Waals surface area contributed by atoms with Gasteiger partial charge in [0.05, 0.1) is 5.25 Å². The van der Waals surface area contributed by atoms with Crippen LogP contribution in [0.5, 0.6) is 0 Å². The highest BCUT2D eigenvalue weighted by Crippen LogP contribution is 2.17. The van der Waals surface area contributed by atoms with Crippen LogP contribution in [0.1, 0.15) is 23.6 Å². The van der Waals surface area contributed by atoms with E-state index in [0.717, 1.165) is 6.42 Å². The molecule has 1 aromatic heterocycles. The first-order chi connectivity index (χ1) is 8.35. The molecule has 0 radical (unpaired) electrons. The number of hydrogen-bond acceptors (Lipinski definition) is 4. The van der Waals surface area contributed by atoms with Gasteiger partial charge in [0.15, 0.2) is 0 Å². The van der Waals surface area contributed by atoms with Crippen molar-refractivity contribution in [1.82, 2.24) is 10.0 Å². The third kappa shape index (κ3) is 4.68. The molecule has 0 aromatic carbocycles. The highest BCUT2D eigenvalue weighted by molar-refractivity contribution is 7.90. The highest BCUT2D eigenvalue weighted by Gasteiger charge is 2.22. The molecule has 0 aliphatic heterocycles. The van der Waals surface area contributed by atoms with E-state index in [1.54, 1.807) is 25.3 Å². The Kier molecular flexibility index (Phi) is 5.78. The van der Waals surface area contributed by atoms with E-state index in [1.807, 2.05) is 6.92 Å². The summed E-state index contributed by atoms with van der Waals surface area (Å²) in [7, 11) is -1.49. The first kappa shape index (κ1) is 15.6. The normalized spacial score (nSPS) is 15.6. The fraction of sp³-hybridized carbons (Fsp3) is 0.667. The van der Waals surface area contributed by atoms with Crippen molar-refractivity contribution >= 4 is 21.4 Å². The summed E-state index contributed by atoms with van der Waals surface area (Å²) < 4.78 is 26.7. The second kappa shape index (κ2) is 6.65. The van der Waals surface area contributed by atoms with Gasteiger partial charge in [-0.15, -0.1) is 11.3 Å². The average Bonchev–Trinajstić information content (AvgIpc) is 2.63. The molecular weight excluding hydrogens is 268 g/mol. The fourth-order valence-electron chi connectivity index (χ4n) is 1.73. The lowest BCUT2D eigenvalue weighted by Crippen LogP contribution is -2.42. The summed E-state index contributed by atoms with van der Waals surface area (Å²) in [5, 5.41) is 2.46. The lowest BCUT2D eigenvalue weighted by molar-refractivity contribution is 0.544. The van der Waals surface area contributed by atoms with Crippen LogP contribution in [-0.4, -0.2) is 33.3 Å². The number of sulfonamides is 1. The van der Waals surface area contributed by atoms with Crippen LogP contribution in [-0.2, 0) is 16.4 Å². The summed E-state index contributed by atoms with van der Waals surface area (Å²) in [5.74, 6) is 0. The van der Waals surface area contributed by atoms with Gasteiger partial charge in [0.2, 0.25) is 10.0 Å². The molecule has 4 nitrogen and oxygen atoms in total. The molecule has 1 heterocycles. The molecule has 1 rings (SSSR count). The Morgan fingerprint density at radius 2 is 2.00 bits per heavy atom. The van der Waals surface area contributed by atoms with Crippen molar-refractivity contribution in [2.24, 2.45) is 0 Å². The minimum atomic E-state index is -3.24. The van der Waals surface area contributed by atoms with Crippen molar-refractivity contribution in [1.29, 1.82) is 0 Å². The quantitative estimate of drug-likeness (QED) is 0.800. The maximum Gasteiger partial charge on any atom is 0.215 e. The Labute approximate surface area is 114 Å². The maximum absolute atomic E-state index is 12.0. The van der Waals surface area contributed by atoms with Crippen LogP contribution >= 0.6 is 11.3 Å². The van der Waals surface area contributed by atoms with Crippen LogP contribution in [0.3, 0.4) is 0 Å². The molecule has 1 aromatic rings. The summed E-state index contributed by atoms with van der Waals surface area (Å²) in [6.45, 7) is 6.12. The van der Waals surface area contributed by atoms with Gasteiger partial charge in [0, 0.05) is 22.3 Å². The first-order valence-electron chi connectivity index (χ1n) is 6.06. The van der Waals surface area contributed by atoms with Crippen LogP contribution in [0.2, 0.25) is 0 Å². The molecular formula is C12H22N2O2S2. The molecule has 0 spiro atoms. The Morgan fingerprint density at radius 3 is 2.50 bits per heavy atom. The van der Waals surface area contributed by atoms with Gasteiger partial charge in [0.25, 0.3) is 0 Å². The Balaban J connectivity index is 2.56. The zero-order valence-corrected chi connectivity index (χ0v) is 13.0. The van der Waals surface area contributed by atoms with E-state index >= 15 is 0 Å². The molecule has 0 amide bonds. The number of hydrogen-bond donors (Lipinski definition) is 2. The average molecular weight is 290 g/mol. The van der Waals surface area contributed by atoms with Crippen molar-refractivity contribution in [3.8, 4) is 0 Å². The summed E-state index contributed by atoms with van der Waals surface area (Å²) in [6, 6.07) is 4.04. The predicted molar refractivity (Wildman–Crippen MR) is 77.7 cm³/mol. The molecule has 0 saturated carbocycles. The van der Waals surface area contributed by atoms with Crippen molar-refractivity contribution in [2.45, 2.75) is 38.5 Å². The topological polar surface area (TPSA) is 58.2 Å². The van der Waals surface area contributed by atoms with E-state index in [4.69, 9.17) is 0 Å². The van der Waals surface area contributed by atoms with E-state index in [-0.39, 0.29) is 6.04 Å². The van der Waals surface area contributed by atoms with Gasteiger partial charge in [0.1, 0.15) is 0 Å². The van der Waals surface area contributed by atoms with Gasteiger partial charge in [-0.3, -0.25) is 0 Å². The molecule has 2 atom stereocenters. The highest BCUT2D eigenvalue weighted by atomic mass is 32.2. The molecule has 2 unspecified atom stereocenters. The van der Waals surface area contributed by atoms with Gasteiger partial charge in [-0.1, -0.05) is 0 Å². The van der Waals surface area contributed by atoms with Crippen molar-refractivity contribution < 1.29 is 8.42 Å². The van der Waals surface area contributed by atoms with Crippen LogP contribution in [0.4, 0.5) is 0 Å². The Hall–Kier alpha value is -0.430. The minimum Gasteiger partial charge on any atom is -0.318 e. The molecule has 0 aliphatic carbocycles. The molecule has 2 N–H and O–H groups in total. The van der Waals surface area contributed by atoms with Gasteiger partial charge in [-0.25, -0.2) is 13.1 Å². The standard InChI is InChI=1S/C12H22N2O2S2/c1-9(7-12-6-5-10(2)17-12)14-18(15,16)11(3)8-13-4/h5-6,9,11,13-14H,7-8H2,1-4H3. The molecule has 0 fully saturated rings. The summed E-state index contributed by atoms with van der Waals surface area (Å²) in [5.41, 5.74) is 0. The molecule has 0 saturated heterocycles. The van der Waals surface area contributed by atoms with Gasteiger partial charge in [-0.05, 0) is 46.4 Å². The second-order valence-electron chi connectivity index (χ2n) is 4.65. The number of thiophene rings is 1. The second-order valence-corrected chi connectivity index (χ2v) is 8.15. The predicted octanol–water partition coefficient (Wildman–Crippen LogP) is 1.51. The summed E-state index contributed by atoms with van der Waals surface area (Å²) in [4.78, 5) is 2.47. The first-order valence-corrected chi connectivity index (χ1v) is 8.42. The lowest BCUT2D eigenvalue weighted by atomic mass is 10.2. The maximum atomic E-state index is 12.0. The van der Waals surface area contributed by atoms with Gasteiger partial charge in [-0.2, -0.15) is 0 Å². The fourth-order valence-corrected chi connectivity index (χ4v) is 4.01. The zero-order chi connectivity index (χ0) is 13.8. The van der Waals surface area contributed by atoms with E-state index in [0.29, 0.717) is 6.54 Å². The van der Waals surface area contributed by atoms with Crippen LogP contribution in [0.15, 0.2) is 12.1 Å². The van der Waals surface area contributed by atoms with Crippen molar-refractivity contribution in [2.75, 3.05) is 13.6 Å². The number of aryl methyl sites for hydroxylation is 1. The van der Waals surface area contributed by atoms with Gasteiger partial charge < -0.3 is 5.32 Å². The SMILES string of the molecule is CNCC(C)S(=O)(=O)NC(C)Cc1ccc(C)s1. The number of rotatable bonds is 7. The zero-order valence-electron chi connectivity index (χ0n) is 11.4. The van der Waals surface area contributed by atoms with Crippen LogP contribution in [0.25, 0.3) is 0 Å². The molecule has 18 heavy (non-hydrogen) atoms. The molecule has 0 bridgehead atoms. The minimum absolute atomic E-state index is 0.0765. The van der Waals surface area contributed by atoms with Crippen molar-refractivity contribution in [3.05, 3.63) is 21.9 Å².